The number of pyridine rings is 1. The molecule has 31 heavy (non-hydrogen) atoms. The molecular weight excluding hydrogens is 392 g/mol. The molecule has 1 aliphatic rings. The third-order valence-electron chi connectivity index (χ3n) is 5.14. The Kier molecular flexibility index (Phi) is 6.26. The normalized spacial score (nSPS) is 14.8. The molecule has 1 unspecified atom stereocenters. The number of carbonyl (C=O) groups excluding carboxylic acids is 1. The van der Waals surface area contributed by atoms with E-state index in [0.29, 0.717) is 37.7 Å². The standard InChI is InChI=1S/C23H26N6O2/c1-17-8-9-24-20(14-17)27-21-15-22(26-16-25-21)28-10-12-29(13-11-28)23(30)18(2)31-19-6-4-3-5-7-19/h3-9,14-16,18H,10-13H2,1-2H3,(H,24,25,26,27). The first-order chi connectivity index (χ1) is 15.1. The highest BCUT2D eigenvalue weighted by Crippen LogP contribution is 2.20. The number of benzene rings is 1. The van der Waals surface area contributed by atoms with Crippen molar-refractivity contribution in [3.8, 4) is 5.75 Å². The lowest BCUT2D eigenvalue weighted by Gasteiger charge is -2.36. The van der Waals surface area contributed by atoms with Crippen molar-refractivity contribution in [1.29, 1.82) is 0 Å². The molecule has 8 nitrogen and oxygen atoms in total. The Morgan fingerprint density at radius 1 is 1.00 bits per heavy atom. The van der Waals surface area contributed by atoms with E-state index in [0.717, 1.165) is 17.2 Å². The molecule has 3 aromatic rings. The van der Waals surface area contributed by atoms with Crippen molar-refractivity contribution in [2.45, 2.75) is 20.0 Å². The average molecular weight is 419 g/mol. The Hall–Kier alpha value is -3.68. The predicted octanol–water partition coefficient (Wildman–Crippen LogP) is 3.04. The average Bonchev–Trinajstić information content (AvgIpc) is 2.79. The van der Waals surface area contributed by atoms with Crippen LogP contribution in [0.1, 0.15) is 12.5 Å². The van der Waals surface area contributed by atoms with E-state index in [4.69, 9.17) is 4.74 Å². The summed E-state index contributed by atoms with van der Waals surface area (Å²) in [6.45, 7) is 6.45. The van der Waals surface area contributed by atoms with E-state index in [9.17, 15) is 4.79 Å². The van der Waals surface area contributed by atoms with E-state index in [1.165, 1.54) is 0 Å². The van der Waals surface area contributed by atoms with Crippen LogP contribution in [0.2, 0.25) is 0 Å². The first-order valence-electron chi connectivity index (χ1n) is 10.4. The number of para-hydroxylation sites is 1. The van der Waals surface area contributed by atoms with Gasteiger partial charge in [0.2, 0.25) is 0 Å². The fourth-order valence-corrected chi connectivity index (χ4v) is 3.49. The van der Waals surface area contributed by atoms with Crippen LogP contribution >= 0.6 is 0 Å². The number of rotatable bonds is 6. The number of nitrogens with zero attached hydrogens (tertiary/aromatic N) is 5. The quantitative estimate of drug-likeness (QED) is 0.659. The number of hydrogen-bond donors (Lipinski definition) is 1. The molecule has 1 saturated heterocycles. The molecule has 0 saturated carbocycles. The molecule has 0 radical (unpaired) electrons. The van der Waals surface area contributed by atoms with E-state index < -0.39 is 6.10 Å². The van der Waals surface area contributed by atoms with Gasteiger partial charge in [0, 0.05) is 38.4 Å². The summed E-state index contributed by atoms with van der Waals surface area (Å²) in [7, 11) is 0. The van der Waals surface area contributed by atoms with E-state index >= 15 is 0 Å². The van der Waals surface area contributed by atoms with Crippen molar-refractivity contribution in [2.75, 3.05) is 36.4 Å². The molecule has 1 aliphatic heterocycles. The second-order valence-corrected chi connectivity index (χ2v) is 7.49. The lowest BCUT2D eigenvalue weighted by molar-refractivity contribution is -0.138. The summed E-state index contributed by atoms with van der Waals surface area (Å²) in [6, 6.07) is 15.2. The number of nitrogens with one attached hydrogen (secondary N) is 1. The van der Waals surface area contributed by atoms with E-state index in [2.05, 4.69) is 25.2 Å². The number of carbonyl (C=O) groups is 1. The lowest BCUT2D eigenvalue weighted by Crippen LogP contribution is -2.52. The second-order valence-electron chi connectivity index (χ2n) is 7.49. The van der Waals surface area contributed by atoms with Crippen LogP contribution in [0.5, 0.6) is 5.75 Å². The summed E-state index contributed by atoms with van der Waals surface area (Å²) in [6.07, 6.45) is 2.78. The van der Waals surface area contributed by atoms with Gasteiger partial charge in [0.25, 0.3) is 5.91 Å². The second kappa shape index (κ2) is 9.42. The van der Waals surface area contributed by atoms with E-state index in [-0.39, 0.29) is 5.91 Å². The number of anilines is 3. The molecule has 1 atom stereocenters. The van der Waals surface area contributed by atoms with Gasteiger partial charge in [-0.25, -0.2) is 15.0 Å². The van der Waals surface area contributed by atoms with Gasteiger partial charge in [0.15, 0.2) is 6.10 Å². The Bertz CT molecular complexity index is 1020. The molecule has 4 rings (SSSR count). The maximum absolute atomic E-state index is 12.8. The molecule has 0 spiro atoms. The zero-order valence-electron chi connectivity index (χ0n) is 17.7. The van der Waals surface area contributed by atoms with Crippen molar-refractivity contribution in [1.82, 2.24) is 19.9 Å². The molecule has 1 fully saturated rings. The molecule has 8 heteroatoms. The highest BCUT2D eigenvalue weighted by molar-refractivity contribution is 5.81. The monoisotopic (exact) mass is 418 g/mol. The number of ether oxygens (including phenoxy) is 1. The minimum Gasteiger partial charge on any atom is -0.481 e. The van der Waals surface area contributed by atoms with Gasteiger partial charge in [-0.05, 0) is 43.7 Å². The lowest BCUT2D eigenvalue weighted by atomic mass is 10.2. The Morgan fingerprint density at radius 2 is 1.74 bits per heavy atom. The summed E-state index contributed by atoms with van der Waals surface area (Å²) < 4.78 is 5.78. The SMILES string of the molecule is Cc1ccnc(Nc2cc(N3CCN(C(=O)C(C)Oc4ccccc4)CC3)ncn2)c1. The molecular formula is C23H26N6O2. The molecule has 0 aliphatic carbocycles. The topological polar surface area (TPSA) is 83.5 Å². The highest BCUT2D eigenvalue weighted by atomic mass is 16.5. The van der Waals surface area contributed by atoms with Crippen LogP contribution < -0.4 is 15.0 Å². The van der Waals surface area contributed by atoms with Gasteiger partial charge in [-0.2, -0.15) is 0 Å². The zero-order valence-corrected chi connectivity index (χ0v) is 17.7. The summed E-state index contributed by atoms with van der Waals surface area (Å²) in [5, 5.41) is 3.22. The van der Waals surface area contributed by atoms with Crippen LogP contribution in [0.3, 0.4) is 0 Å². The smallest absolute Gasteiger partial charge is 0.263 e. The number of amides is 1. The van der Waals surface area contributed by atoms with Crippen LogP contribution in [0, 0.1) is 6.92 Å². The van der Waals surface area contributed by atoms with Crippen molar-refractivity contribution < 1.29 is 9.53 Å². The number of piperazine rings is 1. The Balaban J connectivity index is 1.33. The minimum absolute atomic E-state index is 0.000863. The van der Waals surface area contributed by atoms with Crippen molar-refractivity contribution in [3.63, 3.8) is 0 Å². The van der Waals surface area contributed by atoms with Crippen molar-refractivity contribution in [3.05, 3.63) is 66.6 Å². The Labute approximate surface area is 181 Å². The fourth-order valence-electron chi connectivity index (χ4n) is 3.49. The summed E-state index contributed by atoms with van der Waals surface area (Å²) in [4.78, 5) is 29.8. The summed E-state index contributed by atoms with van der Waals surface area (Å²) in [5.74, 6) is 2.95. The van der Waals surface area contributed by atoms with E-state index in [1.807, 2.05) is 60.4 Å². The van der Waals surface area contributed by atoms with Gasteiger partial charge >= 0.3 is 0 Å². The first-order valence-corrected chi connectivity index (χ1v) is 10.4. The third-order valence-corrected chi connectivity index (χ3v) is 5.14. The molecule has 1 aromatic carbocycles. The van der Waals surface area contributed by atoms with E-state index in [1.54, 1.807) is 19.4 Å². The molecule has 160 valence electrons. The third kappa shape index (κ3) is 5.28. The predicted molar refractivity (Wildman–Crippen MR) is 120 cm³/mol. The van der Waals surface area contributed by atoms with Gasteiger partial charge < -0.3 is 19.9 Å². The molecule has 1 amide bonds. The van der Waals surface area contributed by atoms with Crippen LogP contribution in [-0.4, -0.2) is 58.0 Å². The minimum atomic E-state index is -0.523. The number of aryl methyl sites for hydroxylation is 1. The summed E-state index contributed by atoms with van der Waals surface area (Å²) in [5.41, 5.74) is 1.12. The van der Waals surface area contributed by atoms with Crippen LogP contribution in [0.25, 0.3) is 0 Å². The zero-order chi connectivity index (χ0) is 21.6. The fraction of sp³-hybridized carbons (Fsp3) is 0.304. The molecule has 0 bridgehead atoms. The largest absolute Gasteiger partial charge is 0.481 e. The van der Waals surface area contributed by atoms with Crippen LogP contribution in [0.15, 0.2) is 61.1 Å². The maximum Gasteiger partial charge on any atom is 0.263 e. The van der Waals surface area contributed by atoms with Crippen molar-refractivity contribution in [2.24, 2.45) is 0 Å². The number of hydrogen-bond acceptors (Lipinski definition) is 7. The van der Waals surface area contributed by atoms with Gasteiger partial charge in [0.05, 0.1) is 0 Å². The van der Waals surface area contributed by atoms with Gasteiger partial charge in [-0.3, -0.25) is 4.79 Å². The number of aromatic nitrogens is 3. The van der Waals surface area contributed by atoms with Crippen molar-refractivity contribution >= 4 is 23.4 Å². The van der Waals surface area contributed by atoms with Crippen LogP contribution in [-0.2, 0) is 4.79 Å². The first kappa shape index (κ1) is 20.6. The van der Waals surface area contributed by atoms with Gasteiger partial charge in [-0.15, -0.1) is 0 Å². The van der Waals surface area contributed by atoms with Crippen LogP contribution in [0.4, 0.5) is 17.5 Å². The summed E-state index contributed by atoms with van der Waals surface area (Å²) >= 11 is 0. The highest BCUT2D eigenvalue weighted by Gasteiger charge is 2.26. The Morgan fingerprint density at radius 3 is 2.48 bits per heavy atom. The van der Waals surface area contributed by atoms with Gasteiger partial charge in [-0.1, -0.05) is 18.2 Å². The van der Waals surface area contributed by atoms with Gasteiger partial charge in [0.1, 0.15) is 29.5 Å². The molecule has 2 aromatic heterocycles. The molecule has 3 heterocycles. The maximum atomic E-state index is 12.8. The molecule has 1 N–H and O–H groups in total.